The van der Waals surface area contributed by atoms with Crippen molar-refractivity contribution in [2.24, 2.45) is 0 Å². The van der Waals surface area contributed by atoms with Gasteiger partial charge in [0.25, 0.3) is 5.91 Å². The van der Waals surface area contributed by atoms with Crippen LogP contribution in [0.5, 0.6) is 0 Å². The van der Waals surface area contributed by atoms with Crippen LogP contribution >= 0.6 is 11.6 Å². The first-order chi connectivity index (χ1) is 14.0. The van der Waals surface area contributed by atoms with E-state index in [2.05, 4.69) is 10.6 Å². The Balaban J connectivity index is 1.52. The highest BCUT2D eigenvalue weighted by atomic mass is 35.5. The molecule has 0 aliphatic rings. The number of hydrogen-bond acceptors (Lipinski definition) is 3. The van der Waals surface area contributed by atoms with Gasteiger partial charge in [0.1, 0.15) is 0 Å². The minimum atomic E-state index is -0.629. The summed E-state index contributed by atoms with van der Waals surface area (Å²) in [5.74, 6) is -0.562. The third kappa shape index (κ3) is 5.91. The summed E-state index contributed by atoms with van der Waals surface area (Å²) in [5.41, 5.74) is 2.90. The van der Waals surface area contributed by atoms with Crippen LogP contribution in [0.1, 0.15) is 34.5 Å². The van der Waals surface area contributed by atoms with Crippen molar-refractivity contribution < 1.29 is 14.3 Å². The molecule has 29 heavy (non-hydrogen) atoms. The number of benzene rings is 3. The molecule has 1 unspecified atom stereocenters. The molecule has 0 aliphatic heterocycles. The maximum absolute atomic E-state index is 12.1. The third-order valence-electron chi connectivity index (χ3n) is 4.33. The lowest BCUT2D eigenvalue weighted by atomic mass is 10.1. The first kappa shape index (κ1) is 20.6. The Morgan fingerprint density at radius 1 is 0.931 bits per heavy atom. The van der Waals surface area contributed by atoms with Gasteiger partial charge in [0, 0.05) is 5.69 Å². The van der Waals surface area contributed by atoms with E-state index < -0.39 is 11.9 Å². The Morgan fingerprint density at radius 3 is 2.28 bits per heavy atom. The summed E-state index contributed by atoms with van der Waals surface area (Å²) in [4.78, 5) is 24.2. The van der Waals surface area contributed by atoms with Gasteiger partial charge in [-0.2, -0.15) is 0 Å². The van der Waals surface area contributed by atoms with Crippen LogP contribution in [0.3, 0.4) is 0 Å². The van der Waals surface area contributed by atoms with E-state index in [4.69, 9.17) is 16.3 Å². The molecule has 0 fully saturated rings. The Morgan fingerprint density at radius 2 is 1.59 bits per heavy atom. The van der Waals surface area contributed by atoms with Crippen LogP contribution in [0.2, 0.25) is 5.02 Å². The van der Waals surface area contributed by atoms with Crippen LogP contribution in [0.25, 0.3) is 0 Å². The molecule has 2 N–H and O–H groups in total. The molecular weight excluding hydrogens is 388 g/mol. The van der Waals surface area contributed by atoms with Gasteiger partial charge in [0.05, 0.1) is 23.3 Å². The van der Waals surface area contributed by atoms with Crippen molar-refractivity contribution in [1.29, 1.82) is 0 Å². The Hall–Kier alpha value is -3.15. The van der Waals surface area contributed by atoms with Crippen molar-refractivity contribution >= 4 is 29.2 Å². The van der Waals surface area contributed by atoms with Gasteiger partial charge < -0.3 is 10.1 Å². The Bertz CT molecular complexity index is 975. The molecule has 0 aromatic heterocycles. The quantitative estimate of drug-likeness (QED) is 0.559. The molecule has 0 saturated heterocycles. The molecule has 0 spiro atoms. The average molecular weight is 409 g/mol. The van der Waals surface area contributed by atoms with Gasteiger partial charge in [-0.3, -0.25) is 10.1 Å². The number of hydrogen-bond donors (Lipinski definition) is 2. The number of urea groups is 1. The second-order valence-electron chi connectivity index (χ2n) is 6.45. The van der Waals surface area contributed by atoms with Gasteiger partial charge in [-0.25, -0.2) is 4.79 Å². The minimum Gasteiger partial charge on any atom is -0.369 e. The van der Waals surface area contributed by atoms with E-state index in [1.54, 1.807) is 36.4 Å². The third-order valence-corrected chi connectivity index (χ3v) is 4.66. The van der Waals surface area contributed by atoms with Crippen molar-refractivity contribution in [2.45, 2.75) is 19.6 Å². The van der Waals surface area contributed by atoms with E-state index in [9.17, 15) is 9.59 Å². The second kappa shape index (κ2) is 9.87. The van der Waals surface area contributed by atoms with Crippen molar-refractivity contribution in [3.63, 3.8) is 0 Å². The van der Waals surface area contributed by atoms with Crippen LogP contribution in [0.15, 0.2) is 78.9 Å². The molecule has 0 saturated carbocycles. The SMILES string of the molecule is CC(OCc1ccccc1)c1ccc(NC(=O)NC(=O)c2ccccc2Cl)cc1. The number of amides is 3. The van der Waals surface area contributed by atoms with Crippen molar-refractivity contribution in [2.75, 3.05) is 5.32 Å². The van der Waals surface area contributed by atoms with Crippen LogP contribution in [-0.2, 0) is 11.3 Å². The Kier molecular flexibility index (Phi) is 7.00. The number of ether oxygens (including phenoxy) is 1. The van der Waals surface area contributed by atoms with Gasteiger partial charge in [0.15, 0.2) is 0 Å². The summed E-state index contributed by atoms with van der Waals surface area (Å²) in [5, 5.41) is 5.18. The highest BCUT2D eigenvalue weighted by Gasteiger charge is 2.13. The molecule has 0 heterocycles. The molecule has 1 atom stereocenters. The molecule has 0 aliphatic carbocycles. The fourth-order valence-corrected chi connectivity index (χ4v) is 2.93. The van der Waals surface area contributed by atoms with E-state index in [0.717, 1.165) is 11.1 Å². The number of carbonyl (C=O) groups is 2. The van der Waals surface area contributed by atoms with Crippen molar-refractivity contribution in [3.8, 4) is 0 Å². The van der Waals surface area contributed by atoms with E-state index in [0.29, 0.717) is 12.3 Å². The number of nitrogens with one attached hydrogen (secondary N) is 2. The molecule has 0 radical (unpaired) electrons. The number of carbonyl (C=O) groups excluding carboxylic acids is 2. The smallest absolute Gasteiger partial charge is 0.326 e. The first-order valence-electron chi connectivity index (χ1n) is 9.15. The van der Waals surface area contributed by atoms with Crippen LogP contribution in [0.4, 0.5) is 10.5 Å². The van der Waals surface area contributed by atoms with Gasteiger partial charge in [-0.15, -0.1) is 0 Å². The molecule has 0 bridgehead atoms. The van der Waals surface area contributed by atoms with Crippen LogP contribution in [-0.4, -0.2) is 11.9 Å². The van der Waals surface area contributed by atoms with Gasteiger partial charge in [-0.1, -0.05) is 66.2 Å². The maximum atomic E-state index is 12.1. The van der Waals surface area contributed by atoms with E-state index in [1.807, 2.05) is 49.4 Å². The number of halogens is 1. The summed E-state index contributed by atoms with van der Waals surface area (Å²) in [6.45, 7) is 2.49. The first-order valence-corrected chi connectivity index (χ1v) is 9.53. The number of rotatable bonds is 6. The van der Waals surface area contributed by atoms with Gasteiger partial charge in [-0.05, 0) is 42.3 Å². The summed E-state index contributed by atoms with van der Waals surface area (Å²) in [6.07, 6.45) is -0.0973. The summed E-state index contributed by atoms with van der Waals surface area (Å²) in [6, 6.07) is 23.1. The summed E-state index contributed by atoms with van der Waals surface area (Å²) >= 11 is 5.97. The molecule has 3 aromatic carbocycles. The van der Waals surface area contributed by atoms with E-state index in [-0.39, 0.29) is 16.7 Å². The summed E-state index contributed by atoms with van der Waals surface area (Å²) in [7, 11) is 0. The highest BCUT2D eigenvalue weighted by Crippen LogP contribution is 2.21. The fraction of sp³-hybridized carbons (Fsp3) is 0.130. The molecule has 5 nitrogen and oxygen atoms in total. The predicted molar refractivity (Wildman–Crippen MR) is 114 cm³/mol. The number of anilines is 1. The highest BCUT2D eigenvalue weighted by molar-refractivity contribution is 6.34. The maximum Gasteiger partial charge on any atom is 0.326 e. The predicted octanol–water partition coefficient (Wildman–Crippen LogP) is 5.58. The zero-order valence-electron chi connectivity index (χ0n) is 15.9. The van der Waals surface area contributed by atoms with Crippen LogP contribution < -0.4 is 10.6 Å². The minimum absolute atomic E-state index is 0.0973. The zero-order chi connectivity index (χ0) is 20.6. The van der Waals surface area contributed by atoms with Crippen LogP contribution in [0, 0.1) is 0 Å². The normalized spacial score (nSPS) is 11.5. The molecule has 3 aromatic rings. The largest absolute Gasteiger partial charge is 0.369 e. The zero-order valence-corrected chi connectivity index (χ0v) is 16.6. The average Bonchev–Trinajstić information content (AvgIpc) is 2.73. The Labute approximate surface area is 174 Å². The lowest BCUT2D eigenvalue weighted by Gasteiger charge is -2.14. The standard InChI is InChI=1S/C23H21ClN2O3/c1-16(29-15-17-7-3-2-4-8-17)18-11-13-19(14-12-18)25-23(28)26-22(27)20-9-5-6-10-21(20)24/h2-14,16H,15H2,1H3,(H2,25,26,27,28). The lowest BCUT2D eigenvalue weighted by molar-refractivity contribution is 0.0526. The van der Waals surface area contributed by atoms with Crippen molar-refractivity contribution in [1.82, 2.24) is 5.32 Å². The lowest BCUT2D eigenvalue weighted by Crippen LogP contribution is -2.34. The summed E-state index contributed by atoms with van der Waals surface area (Å²) < 4.78 is 5.89. The van der Waals surface area contributed by atoms with E-state index >= 15 is 0 Å². The molecule has 6 heteroatoms. The molecule has 3 amide bonds. The van der Waals surface area contributed by atoms with Gasteiger partial charge >= 0.3 is 6.03 Å². The molecule has 148 valence electrons. The monoisotopic (exact) mass is 408 g/mol. The fourth-order valence-electron chi connectivity index (χ4n) is 2.71. The molecule has 3 rings (SSSR count). The number of imide groups is 1. The van der Waals surface area contributed by atoms with E-state index in [1.165, 1.54) is 0 Å². The molecular formula is C23H21ClN2O3. The van der Waals surface area contributed by atoms with Gasteiger partial charge in [0.2, 0.25) is 0 Å². The van der Waals surface area contributed by atoms with Crippen molar-refractivity contribution in [3.05, 3.63) is 101 Å². The second-order valence-corrected chi connectivity index (χ2v) is 6.86. The topological polar surface area (TPSA) is 67.4 Å².